The third kappa shape index (κ3) is 5.39. The van der Waals surface area contributed by atoms with Gasteiger partial charge >= 0.3 is 0 Å². The van der Waals surface area contributed by atoms with Crippen molar-refractivity contribution in [1.29, 1.82) is 0 Å². The molecule has 2 amide bonds. The van der Waals surface area contributed by atoms with Gasteiger partial charge in [-0.15, -0.1) is 0 Å². The van der Waals surface area contributed by atoms with E-state index in [2.05, 4.69) is 12.2 Å². The molecule has 31 heavy (non-hydrogen) atoms. The van der Waals surface area contributed by atoms with Crippen LogP contribution in [0.3, 0.4) is 0 Å². The number of carbonyl (C=O) groups is 2. The zero-order valence-corrected chi connectivity index (χ0v) is 18.3. The molecule has 0 aliphatic carbocycles. The van der Waals surface area contributed by atoms with E-state index in [1.807, 2.05) is 32.0 Å². The first-order chi connectivity index (χ1) is 14.9. The first-order valence-corrected chi connectivity index (χ1v) is 10.7. The van der Waals surface area contributed by atoms with Gasteiger partial charge in [0.25, 0.3) is 11.8 Å². The maximum absolute atomic E-state index is 13.5. The SMILES string of the molecule is CCCCOCCCN1C(=O)C(Nc2cc(C)ccc2C)=C(c2ccc(F)cc2)C1=O. The van der Waals surface area contributed by atoms with Crippen LogP contribution >= 0.6 is 0 Å². The average molecular weight is 425 g/mol. The molecule has 0 bridgehead atoms. The minimum atomic E-state index is -0.397. The molecular weight excluding hydrogens is 395 g/mol. The van der Waals surface area contributed by atoms with E-state index in [1.165, 1.54) is 29.2 Å². The normalized spacial score (nSPS) is 14.0. The van der Waals surface area contributed by atoms with E-state index in [-0.39, 0.29) is 29.6 Å². The lowest BCUT2D eigenvalue weighted by Gasteiger charge is -2.16. The summed E-state index contributed by atoms with van der Waals surface area (Å²) >= 11 is 0. The second kappa shape index (κ2) is 10.4. The summed E-state index contributed by atoms with van der Waals surface area (Å²) in [5.74, 6) is -1.15. The minimum Gasteiger partial charge on any atom is -0.381 e. The molecule has 2 aromatic rings. The number of carbonyl (C=O) groups excluding carboxylic acids is 2. The van der Waals surface area contributed by atoms with Crippen molar-refractivity contribution in [2.75, 3.05) is 25.1 Å². The molecule has 1 heterocycles. The Bertz CT molecular complexity index is 983. The Hall–Kier alpha value is -2.99. The van der Waals surface area contributed by atoms with Crippen molar-refractivity contribution in [1.82, 2.24) is 4.90 Å². The van der Waals surface area contributed by atoms with Gasteiger partial charge in [0.1, 0.15) is 11.5 Å². The van der Waals surface area contributed by atoms with Crippen molar-refractivity contribution in [2.45, 2.75) is 40.0 Å². The van der Waals surface area contributed by atoms with E-state index in [9.17, 15) is 14.0 Å². The quantitative estimate of drug-likeness (QED) is 0.438. The number of nitrogens with one attached hydrogen (secondary N) is 1. The number of imide groups is 1. The first kappa shape index (κ1) is 22.7. The molecule has 0 unspecified atom stereocenters. The van der Waals surface area contributed by atoms with Crippen LogP contribution in [0.25, 0.3) is 5.57 Å². The average Bonchev–Trinajstić information content (AvgIpc) is 2.98. The number of rotatable bonds is 10. The number of unbranched alkanes of at least 4 members (excludes halogenated alkanes) is 1. The molecule has 6 heteroatoms. The van der Waals surface area contributed by atoms with Crippen LogP contribution in [0.2, 0.25) is 0 Å². The minimum absolute atomic E-state index is 0.220. The number of nitrogens with zero attached hydrogens (tertiary/aromatic N) is 1. The Balaban J connectivity index is 1.86. The van der Waals surface area contributed by atoms with Gasteiger partial charge in [0.15, 0.2) is 0 Å². The molecule has 0 saturated carbocycles. The van der Waals surface area contributed by atoms with Crippen molar-refractivity contribution in [2.24, 2.45) is 0 Å². The Kier molecular flexibility index (Phi) is 7.58. The van der Waals surface area contributed by atoms with E-state index < -0.39 is 5.82 Å². The Morgan fingerprint density at radius 2 is 1.68 bits per heavy atom. The van der Waals surface area contributed by atoms with Crippen molar-refractivity contribution >= 4 is 23.1 Å². The first-order valence-electron chi connectivity index (χ1n) is 10.7. The maximum Gasteiger partial charge on any atom is 0.278 e. The number of anilines is 1. The maximum atomic E-state index is 13.5. The van der Waals surface area contributed by atoms with Gasteiger partial charge in [-0.25, -0.2) is 4.39 Å². The molecule has 1 aliphatic rings. The van der Waals surface area contributed by atoms with Crippen LogP contribution in [-0.2, 0) is 14.3 Å². The lowest BCUT2D eigenvalue weighted by atomic mass is 10.0. The standard InChI is InChI=1S/C25H29FN2O3/c1-4-5-14-31-15-6-13-28-24(29)22(19-9-11-20(26)12-10-19)23(25(28)30)27-21-16-17(2)7-8-18(21)3/h7-12,16,27H,4-6,13-15H2,1-3H3. The Labute approximate surface area is 182 Å². The lowest BCUT2D eigenvalue weighted by Crippen LogP contribution is -2.34. The summed E-state index contributed by atoms with van der Waals surface area (Å²) < 4.78 is 19.0. The topological polar surface area (TPSA) is 58.6 Å². The molecular formula is C25H29FN2O3. The van der Waals surface area contributed by atoms with E-state index in [1.54, 1.807) is 0 Å². The van der Waals surface area contributed by atoms with Crippen LogP contribution in [0.1, 0.15) is 42.9 Å². The van der Waals surface area contributed by atoms with E-state index >= 15 is 0 Å². The van der Waals surface area contributed by atoms with Crippen LogP contribution in [-0.4, -0.2) is 36.5 Å². The molecule has 0 radical (unpaired) electrons. The number of hydrogen-bond donors (Lipinski definition) is 1. The smallest absolute Gasteiger partial charge is 0.278 e. The van der Waals surface area contributed by atoms with Crippen LogP contribution in [0, 0.1) is 19.7 Å². The van der Waals surface area contributed by atoms with Crippen molar-refractivity contribution in [3.63, 3.8) is 0 Å². The van der Waals surface area contributed by atoms with Crippen LogP contribution < -0.4 is 5.32 Å². The van der Waals surface area contributed by atoms with Gasteiger partial charge in [-0.2, -0.15) is 0 Å². The van der Waals surface area contributed by atoms with Gasteiger partial charge in [0.2, 0.25) is 0 Å². The third-order valence-corrected chi connectivity index (χ3v) is 5.27. The summed E-state index contributed by atoms with van der Waals surface area (Å²) in [4.78, 5) is 27.6. The van der Waals surface area contributed by atoms with Gasteiger partial charge in [-0.1, -0.05) is 37.6 Å². The zero-order valence-electron chi connectivity index (χ0n) is 18.3. The molecule has 5 nitrogen and oxygen atoms in total. The second-order valence-corrected chi connectivity index (χ2v) is 7.78. The molecule has 3 rings (SSSR count). The largest absolute Gasteiger partial charge is 0.381 e. The predicted octanol–water partition coefficient (Wildman–Crippen LogP) is 4.84. The van der Waals surface area contributed by atoms with Gasteiger partial charge in [0.05, 0.1) is 5.57 Å². The molecule has 0 fully saturated rings. The summed E-state index contributed by atoms with van der Waals surface area (Å²) in [6.07, 6.45) is 2.61. The summed E-state index contributed by atoms with van der Waals surface area (Å²) in [5, 5.41) is 3.18. The van der Waals surface area contributed by atoms with Crippen molar-refractivity contribution in [3.05, 3.63) is 70.7 Å². The number of aryl methyl sites for hydroxylation is 2. The number of hydrogen-bond acceptors (Lipinski definition) is 4. The summed E-state index contributed by atoms with van der Waals surface area (Å²) in [7, 11) is 0. The van der Waals surface area contributed by atoms with Crippen molar-refractivity contribution in [3.8, 4) is 0 Å². The summed E-state index contributed by atoms with van der Waals surface area (Å²) in [6, 6.07) is 11.5. The van der Waals surface area contributed by atoms with E-state index in [0.29, 0.717) is 25.2 Å². The molecule has 0 saturated heterocycles. The fourth-order valence-electron chi connectivity index (χ4n) is 3.46. The summed E-state index contributed by atoms with van der Waals surface area (Å²) in [6.45, 7) is 7.43. The molecule has 0 spiro atoms. The Morgan fingerprint density at radius 3 is 2.39 bits per heavy atom. The summed E-state index contributed by atoms with van der Waals surface area (Å²) in [5.41, 5.74) is 3.75. The number of amides is 2. The highest BCUT2D eigenvalue weighted by Gasteiger charge is 2.39. The highest BCUT2D eigenvalue weighted by atomic mass is 19.1. The molecule has 1 N–H and O–H groups in total. The van der Waals surface area contributed by atoms with Gasteiger partial charge in [-0.3, -0.25) is 14.5 Å². The second-order valence-electron chi connectivity index (χ2n) is 7.78. The lowest BCUT2D eigenvalue weighted by molar-refractivity contribution is -0.137. The molecule has 164 valence electrons. The fourth-order valence-corrected chi connectivity index (χ4v) is 3.46. The zero-order chi connectivity index (χ0) is 22.4. The molecule has 0 atom stereocenters. The predicted molar refractivity (Wildman–Crippen MR) is 120 cm³/mol. The fraction of sp³-hybridized carbons (Fsp3) is 0.360. The van der Waals surface area contributed by atoms with Gasteiger partial charge in [-0.05, 0) is 61.6 Å². The van der Waals surface area contributed by atoms with Crippen LogP contribution in [0.5, 0.6) is 0 Å². The number of ether oxygens (including phenoxy) is 1. The molecule has 2 aromatic carbocycles. The monoisotopic (exact) mass is 424 g/mol. The molecule has 1 aliphatic heterocycles. The highest BCUT2D eigenvalue weighted by molar-refractivity contribution is 6.36. The third-order valence-electron chi connectivity index (χ3n) is 5.27. The van der Waals surface area contributed by atoms with Crippen LogP contribution in [0.15, 0.2) is 48.2 Å². The van der Waals surface area contributed by atoms with E-state index in [0.717, 1.165) is 29.7 Å². The van der Waals surface area contributed by atoms with E-state index in [4.69, 9.17) is 4.74 Å². The Morgan fingerprint density at radius 1 is 0.968 bits per heavy atom. The van der Waals surface area contributed by atoms with Crippen molar-refractivity contribution < 1.29 is 18.7 Å². The van der Waals surface area contributed by atoms with Gasteiger partial charge in [0, 0.05) is 25.4 Å². The highest BCUT2D eigenvalue weighted by Crippen LogP contribution is 2.31. The number of halogens is 1. The van der Waals surface area contributed by atoms with Crippen LogP contribution in [0.4, 0.5) is 10.1 Å². The molecule has 0 aromatic heterocycles. The number of benzene rings is 2. The van der Waals surface area contributed by atoms with Gasteiger partial charge < -0.3 is 10.1 Å².